The molecule has 0 saturated carbocycles. The molecule has 2 nitrogen and oxygen atoms in total. The molecule has 106 valence electrons. The van der Waals surface area contributed by atoms with Crippen molar-refractivity contribution in [3.63, 3.8) is 0 Å². The van der Waals surface area contributed by atoms with Gasteiger partial charge in [0.2, 0.25) is 0 Å². The summed E-state index contributed by atoms with van der Waals surface area (Å²) in [6.07, 6.45) is 0. The first-order valence-electron chi connectivity index (χ1n) is 6.54. The molecule has 0 radical (unpaired) electrons. The van der Waals surface area contributed by atoms with Crippen LogP contribution in [0.4, 0.5) is 4.39 Å². The average Bonchev–Trinajstić information content (AvgIpc) is 2.43. The van der Waals surface area contributed by atoms with Gasteiger partial charge < -0.3 is 0 Å². The van der Waals surface area contributed by atoms with Crippen molar-refractivity contribution >= 4 is 15.9 Å². The van der Waals surface area contributed by atoms with E-state index in [1.54, 1.807) is 6.07 Å². The third kappa shape index (κ3) is 3.08. The molecule has 0 heterocycles. The molecule has 0 aliphatic heterocycles. The van der Waals surface area contributed by atoms with E-state index >= 15 is 0 Å². The summed E-state index contributed by atoms with van der Waals surface area (Å²) < 4.78 is 14.8. The fourth-order valence-electron chi connectivity index (χ4n) is 2.21. The molecule has 0 fully saturated rings. The largest absolute Gasteiger partial charge is 0.271 e. The second-order valence-electron chi connectivity index (χ2n) is 5.06. The molecular weight excluding hydrogens is 319 g/mol. The molecule has 2 aromatic rings. The van der Waals surface area contributed by atoms with Crippen LogP contribution in [0.2, 0.25) is 0 Å². The zero-order valence-electron chi connectivity index (χ0n) is 11.5. The zero-order valence-corrected chi connectivity index (χ0v) is 13.1. The second kappa shape index (κ2) is 6.48. The van der Waals surface area contributed by atoms with Crippen molar-refractivity contribution in [2.45, 2.75) is 25.8 Å². The summed E-state index contributed by atoms with van der Waals surface area (Å²) in [6.45, 7) is 4.28. The Bertz CT molecular complexity index is 561. The fraction of sp³-hybridized carbons (Fsp3) is 0.250. The van der Waals surface area contributed by atoms with E-state index in [1.807, 2.05) is 18.2 Å². The molecular formula is C16H18BrFN2. The van der Waals surface area contributed by atoms with Gasteiger partial charge in [-0.3, -0.25) is 5.84 Å². The van der Waals surface area contributed by atoms with Gasteiger partial charge in [0, 0.05) is 10.0 Å². The Hall–Kier alpha value is -1.23. The van der Waals surface area contributed by atoms with Gasteiger partial charge in [0.25, 0.3) is 0 Å². The monoisotopic (exact) mass is 336 g/mol. The van der Waals surface area contributed by atoms with Crippen molar-refractivity contribution < 1.29 is 4.39 Å². The van der Waals surface area contributed by atoms with Crippen LogP contribution in [0.25, 0.3) is 0 Å². The number of halogens is 2. The van der Waals surface area contributed by atoms with E-state index in [1.165, 1.54) is 11.6 Å². The molecule has 0 saturated heterocycles. The predicted octanol–water partition coefficient (Wildman–Crippen LogP) is 4.26. The lowest BCUT2D eigenvalue weighted by Gasteiger charge is -2.19. The lowest BCUT2D eigenvalue weighted by atomic mass is 9.95. The van der Waals surface area contributed by atoms with Crippen molar-refractivity contribution in [2.75, 3.05) is 0 Å². The van der Waals surface area contributed by atoms with Gasteiger partial charge in [-0.05, 0) is 29.2 Å². The second-order valence-corrected chi connectivity index (χ2v) is 5.91. The van der Waals surface area contributed by atoms with Crippen LogP contribution < -0.4 is 11.3 Å². The Labute approximate surface area is 127 Å². The van der Waals surface area contributed by atoms with Gasteiger partial charge in [-0.1, -0.05) is 60.1 Å². The molecule has 0 aliphatic rings. The van der Waals surface area contributed by atoms with E-state index < -0.39 is 0 Å². The van der Waals surface area contributed by atoms with Crippen molar-refractivity contribution in [3.8, 4) is 0 Å². The third-order valence-electron chi connectivity index (χ3n) is 3.39. The molecule has 4 heteroatoms. The van der Waals surface area contributed by atoms with Gasteiger partial charge in [-0.2, -0.15) is 0 Å². The highest BCUT2D eigenvalue weighted by atomic mass is 79.9. The maximum atomic E-state index is 14.1. The van der Waals surface area contributed by atoms with E-state index in [0.29, 0.717) is 16.0 Å². The number of hydrogen-bond donors (Lipinski definition) is 2. The smallest absolute Gasteiger partial charge is 0.129 e. The minimum atomic E-state index is -0.383. The standard InChI is InChI=1S/C16H18BrFN2/c1-10(2)11-6-8-12(9-7-11)16(20-19)15-13(17)4-3-5-14(15)18/h3-10,16,20H,19H2,1-2H3. The minimum Gasteiger partial charge on any atom is -0.271 e. The van der Waals surface area contributed by atoms with Crippen molar-refractivity contribution in [3.05, 3.63) is 69.4 Å². The van der Waals surface area contributed by atoms with Gasteiger partial charge in [-0.15, -0.1) is 0 Å². The molecule has 0 amide bonds. The molecule has 0 bridgehead atoms. The number of benzene rings is 2. The summed E-state index contributed by atoms with van der Waals surface area (Å²) in [5.41, 5.74) is 5.40. The highest BCUT2D eigenvalue weighted by Gasteiger charge is 2.19. The molecule has 0 aliphatic carbocycles. The van der Waals surface area contributed by atoms with Crippen molar-refractivity contribution in [1.29, 1.82) is 0 Å². The van der Waals surface area contributed by atoms with E-state index in [9.17, 15) is 4.39 Å². The van der Waals surface area contributed by atoms with Crippen LogP contribution in [0.1, 0.15) is 42.5 Å². The number of nitrogens with one attached hydrogen (secondary N) is 1. The van der Waals surface area contributed by atoms with Gasteiger partial charge in [0.15, 0.2) is 0 Å². The van der Waals surface area contributed by atoms with Gasteiger partial charge in [-0.25, -0.2) is 9.82 Å². The Morgan fingerprint density at radius 1 is 1.05 bits per heavy atom. The predicted molar refractivity (Wildman–Crippen MR) is 83.8 cm³/mol. The van der Waals surface area contributed by atoms with E-state index in [0.717, 1.165) is 5.56 Å². The molecule has 3 N–H and O–H groups in total. The SMILES string of the molecule is CC(C)c1ccc(C(NN)c2c(F)cccc2Br)cc1. The topological polar surface area (TPSA) is 38.0 Å². The first kappa shape index (κ1) is 15.2. The minimum absolute atomic E-state index is 0.282. The van der Waals surface area contributed by atoms with Crippen LogP contribution in [0.5, 0.6) is 0 Å². The van der Waals surface area contributed by atoms with Crippen LogP contribution in [0, 0.1) is 5.82 Å². The maximum Gasteiger partial charge on any atom is 0.129 e. The highest BCUT2D eigenvalue weighted by molar-refractivity contribution is 9.10. The average molecular weight is 337 g/mol. The number of hydrogen-bond acceptors (Lipinski definition) is 2. The van der Waals surface area contributed by atoms with Crippen LogP contribution >= 0.6 is 15.9 Å². The van der Waals surface area contributed by atoms with Crippen LogP contribution in [0.3, 0.4) is 0 Å². The molecule has 2 rings (SSSR count). The summed E-state index contributed by atoms with van der Waals surface area (Å²) >= 11 is 3.39. The van der Waals surface area contributed by atoms with Crippen LogP contribution in [-0.2, 0) is 0 Å². The van der Waals surface area contributed by atoms with E-state index in [4.69, 9.17) is 5.84 Å². The summed E-state index contributed by atoms with van der Waals surface area (Å²) in [5.74, 6) is 5.82. The first-order chi connectivity index (χ1) is 9.54. The third-order valence-corrected chi connectivity index (χ3v) is 4.08. The molecule has 0 spiro atoms. The maximum absolute atomic E-state index is 14.1. The van der Waals surface area contributed by atoms with Crippen molar-refractivity contribution in [1.82, 2.24) is 5.43 Å². The lowest BCUT2D eigenvalue weighted by Crippen LogP contribution is -2.29. The molecule has 1 unspecified atom stereocenters. The van der Waals surface area contributed by atoms with Crippen molar-refractivity contribution in [2.24, 2.45) is 5.84 Å². The van der Waals surface area contributed by atoms with Crippen LogP contribution in [-0.4, -0.2) is 0 Å². The molecule has 20 heavy (non-hydrogen) atoms. The summed E-state index contributed by atoms with van der Waals surface area (Å²) in [7, 11) is 0. The Morgan fingerprint density at radius 3 is 2.15 bits per heavy atom. The first-order valence-corrected chi connectivity index (χ1v) is 7.33. The lowest BCUT2D eigenvalue weighted by molar-refractivity contribution is 0.557. The number of rotatable bonds is 4. The fourth-order valence-corrected chi connectivity index (χ4v) is 2.78. The molecule has 0 aromatic heterocycles. The molecule has 2 aromatic carbocycles. The Balaban J connectivity index is 2.42. The van der Waals surface area contributed by atoms with Gasteiger partial charge in [0.05, 0.1) is 6.04 Å². The van der Waals surface area contributed by atoms with Crippen LogP contribution in [0.15, 0.2) is 46.9 Å². The quantitative estimate of drug-likeness (QED) is 0.646. The molecule has 1 atom stereocenters. The van der Waals surface area contributed by atoms with Gasteiger partial charge in [0.1, 0.15) is 5.82 Å². The summed E-state index contributed by atoms with van der Waals surface area (Å²) in [6, 6.07) is 12.6. The Morgan fingerprint density at radius 2 is 1.65 bits per heavy atom. The summed E-state index contributed by atoms with van der Waals surface area (Å²) in [5, 5.41) is 0. The Kier molecular flexibility index (Phi) is 4.91. The summed E-state index contributed by atoms with van der Waals surface area (Å²) in [4.78, 5) is 0. The van der Waals surface area contributed by atoms with Gasteiger partial charge >= 0.3 is 0 Å². The number of hydrazine groups is 1. The highest BCUT2D eigenvalue weighted by Crippen LogP contribution is 2.31. The number of nitrogens with two attached hydrogens (primary N) is 1. The van der Waals surface area contributed by atoms with E-state index in [2.05, 4.69) is 47.3 Å². The normalized spacial score (nSPS) is 12.7. The zero-order chi connectivity index (χ0) is 14.7. The van der Waals surface area contributed by atoms with E-state index in [-0.39, 0.29) is 11.9 Å².